The summed E-state index contributed by atoms with van der Waals surface area (Å²) in [6, 6.07) is 8.19. The smallest absolute Gasteiger partial charge is 0.406 e. The Kier molecular flexibility index (Phi) is 6.22. The number of halogens is 5. The van der Waals surface area contributed by atoms with Gasteiger partial charge in [-0.2, -0.15) is 8.78 Å². The molecule has 0 saturated carbocycles. The van der Waals surface area contributed by atoms with Gasteiger partial charge in [-0.05, 0) is 49.5 Å². The molecule has 0 unspecified atom stereocenters. The van der Waals surface area contributed by atoms with Gasteiger partial charge < -0.3 is 14.4 Å². The molecule has 0 aliphatic heterocycles. The second-order valence-electron chi connectivity index (χ2n) is 6.80. The molecule has 0 atom stereocenters. The number of rotatable bonds is 8. The van der Waals surface area contributed by atoms with Crippen LogP contribution in [0.25, 0.3) is 16.8 Å². The number of hydrogen-bond acceptors (Lipinski definition) is 5. The Balaban J connectivity index is 1.82. The third kappa shape index (κ3) is 5.42. The largest absolute Gasteiger partial charge is 0.573 e. The summed E-state index contributed by atoms with van der Waals surface area (Å²) >= 11 is 0. The molecule has 1 aromatic carbocycles. The van der Waals surface area contributed by atoms with Gasteiger partial charge in [0.15, 0.2) is 5.65 Å². The van der Waals surface area contributed by atoms with Crippen molar-refractivity contribution in [2.24, 2.45) is 0 Å². The quantitative estimate of drug-likeness (QED) is 0.400. The molecule has 0 N–H and O–H groups in total. The van der Waals surface area contributed by atoms with Gasteiger partial charge in [-0.25, -0.2) is 0 Å². The Hall–Kier alpha value is -2.79. The second-order valence-corrected chi connectivity index (χ2v) is 6.80. The first-order valence-electron chi connectivity index (χ1n) is 8.87. The minimum atomic E-state index is -4.79. The molecule has 0 spiro atoms. The fraction of sp³-hybridized carbons (Fsp3) is 0.368. The van der Waals surface area contributed by atoms with Gasteiger partial charge in [0.25, 0.3) is 0 Å². The molecule has 3 rings (SSSR count). The van der Waals surface area contributed by atoms with E-state index in [0.29, 0.717) is 17.7 Å². The van der Waals surface area contributed by atoms with Crippen LogP contribution < -0.4 is 4.74 Å². The molecule has 0 saturated heterocycles. The van der Waals surface area contributed by atoms with E-state index in [-0.39, 0.29) is 18.0 Å². The zero-order valence-electron chi connectivity index (χ0n) is 16.2. The molecule has 30 heavy (non-hydrogen) atoms. The first-order valence-corrected chi connectivity index (χ1v) is 8.87. The lowest BCUT2D eigenvalue weighted by Gasteiger charge is -2.16. The van der Waals surface area contributed by atoms with E-state index < -0.39 is 24.7 Å². The molecule has 2 aromatic heterocycles. The van der Waals surface area contributed by atoms with Gasteiger partial charge in [0, 0.05) is 12.7 Å². The van der Waals surface area contributed by atoms with Gasteiger partial charge in [-0.3, -0.25) is 4.40 Å². The first kappa shape index (κ1) is 21.9. The summed E-state index contributed by atoms with van der Waals surface area (Å²) in [7, 11) is 3.60. The van der Waals surface area contributed by atoms with Crippen LogP contribution in [0.15, 0.2) is 42.6 Å². The molecule has 3 aromatic rings. The number of benzene rings is 1. The first-order chi connectivity index (χ1) is 14.0. The Morgan fingerprint density at radius 3 is 2.23 bits per heavy atom. The topological polar surface area (TPSA) is 51.9 Å². The van der Waals surface area contributed by atoms with E-state index in [2.05, 4.69) is 14.9 Å². The van der Waals surface area contributed by atoms with Crippen molar-refractivity contribution < 1.29 is 31.4 Å². The van der Waals surface area contributed by atoms with E-state index >= 15 is 0 Å². The maximum atomic E-state index is 14.6. The Morgan fingerprint density at radius 1 is 0.933 bits per heavy atom. The van der Waals surface area contributed by atoms with E-state index in [9.17, 15) is 22.0 Å². The average Bonchev–Trinajstić information content (AvgIpc) is 3.08. The fourth-order valence-electron chi connectivity index (χ4n) is 2.67. The van der Waals surface area contributed by atoms with E-state index in [1.54, 1.807) is 20.2 Å². The second kappa shape index (κ2) is 8.52. The number of likely N-dealkylation sites (N-methyl/N-ethyl adjacent to an activating group) is 1. The summed E-state index contributed by atoms with van der Waals surface area (Å²) in [6.07, 6.45) is -3.39. The zero-order valence-corrected chi connectivity index (χ0v) is 16.2. The Bertz CT molecular complexity index is 987. The molecule has 0 fully saturated rings. The standard InChI is InChI=1S/C19H19F5N4O2/c1-27(2)9-10-29-12-18(20,21)17-26-25-16-8-5-14(11-28(16)17)13-3-6-15(7-4-13)30-19(22,23)24/h3-8,11H,9-10,12H2,1-2H3. The summed E-state index contributed by atoms with van der Waals surface area (Å²) in [6.45, 7) is -0.221. The van der Waals surface area contributed by atoms with Gasteiger partial charge >= 0.3 is 12.3 Å². The summed E-state index contributed by atoms with van der Waals surface area (Å²) in [5, 5.41) is 7.35. The van der Waals surface area contributed by atoms with Gasteiger partial charge in [-0.15, -0.1) is 23.4 Å². The van der Waals surface area contributed by atoms with Crippen molar-refractivity contribution in [3.63, 3.8) is 0 Å². The van der Waals surface area contributed by atoms with E-state index in [1.165, 1.54) is 24.4 Å². The van der Waals surface area contributed by atoms with Gasteiger partial charge in [0.2, 0.25) is 5.82 Å². The fourth-order valence-corrected chi connectivity index (χ4v) is 2.67. The van der Waals surface area contributed by atoms with Crippen molar-refractivity contribution in [3.8, 4) is 16.9 Å². The highest BCUT2D eigenvalue weighted by atomic mass is 19.4. The maximum Gasteiger partial charge on any atom is 0.573 e. The molecule has 0 amide bonds. The number of pyridine rings is 1. The third-order valence-corrected chi connectivity index (χ3v) is 4.12. The molecule has 0 bridgehead atoms. The van der Waals surface area contributed by atoms with Gasteiger partial charge in [0.1, 0.15) is 12.4 Å². The SMILES string of the molecule is CN(C)CCOCC(F)(F)c1nnc2ccc(-c3ccc(OC(F)(F)F)cc3)cn12. The molecule has 0 aliphatic rings. The summed E-state index contributed by atoms with van der Waals surface area (Å²) < 4.78 is 76.1. The van der Waals surface area contributed by atoms with E-state index in [4.69, 9.17) is 4.74 Å². The molecular weight excluding hydrogens is 411 g/mol. The number of nitrogens with zero attached hydrogens (tertiary/aromatic N) is 4. The van der Waals surface area contributed by atoms with Crippen molar-refractivity contribution >= 4 is 5.65 Å². The van der Waals surface area contributed by atoms with Crippen molar-refractivity contribution in [2.45, 2.75) is 12.3 Å². The lowest BCUT2D eigenvalue weighted by atomic mass is 10.1. The van der Waals surface area contributed by atoms with Crippen LogP contribution in [0.2, 0.25) is 0 Å². The zero-order chi connectivity index (χ0) is 21.9. The maximum absolute atomic E-state index is 14.6. The lowest BCUT2D eigenvalue weighted by molar-refractivity contribution is -0.274. The van der Waals surface area contributed by atoms with Crippen LogP contribution in [0.3, 0.4) is 0 Å². The van der Waals surface area contributed by atoms with Crippen LogP contribution >= 0.6 is 0 Å². The molecule has 2 heterocycles. The molecule has 162 valence electrons. The van der Waals surface area contributed by atoms with Crippen LogP contribution in [-0.2, 0) is 10.7 Å². The van der Waals surface area contributed by atoms with Crippen LogP contribution in [-0.4, -0.2) is 59.7 Å². The van der Waals surface area contributed by atoms with Gasteiger partial charge in [0.05, 0.1) is 6.61 Å². The lowest BCUT2D eigenvalue weighted by Crippen LogP contribution is -2.27. The molecule has 0 aliphatic carbocycles. The number of ether oxygens (including phenoxy) is 2. The number of aromatic nitrogens is 3. The van der Waals surface area contributed by atoms with Crippen LogP contribution in [0.1, 0.15) is 5.82 Å². The minimum absolute atomic E-state index is 0.136. The van der Waals surface area contributed by atoms with E-state index in [0.717, 1.165) is 16.5 Å². The predicted molar refractivity (Wildman–Crippen MR) is 98.4 cm³/mol. The van der Waals surface area contributed by atoms with Crippen LogP contribution in [0.4, 0.5) is 22.0 Å². The van der Waals surface area contributed by atoms with Crippen molar-refractivity contribution in [1.29, 1.82) is 0 Å². The van der Waals surface area contributed by atoms with Crippen LogP contribution in [0, 0.1) is 0 Å². The average molecular weight is 430 g/mol. The Morgan fingerprint density at radius 2 is 1.60 bits per heavy atom. The highest BCUT2D eigenvalue weighted by Crippen LogP contribution is 2.30. The van der Waals surface area contributed by atoms with Gasteiger partial charge in [-0.1, -0.05) is 12.1 Å². The normalized spacial score (nSPS) is 12.7. The predicted octanol–water partition coefficient (Wildman–Crippen LogP) is 3.96. The molecule has 6 nitrogen and oxygen atoms in total. The van der Waals surface area contributed by atoms with Crippen molar-refractivity contribution in [3.05, 3.63) is 48.4 Å². The van der Waals surface area contributed by atoms with Crippen LogP contribution in [0.5, 0.6) is 5.75 Å². The number of fused-ring (bicyclic) bond motifs is 1. The highest BCUT2D eigenvalue weighted by Gasteiger charge is 2.37. The highest BCUT2D eigenvalue weighted by molar-refractivity contribution is 5.65. The number of hydrogen-bond donors (Lipinski definition) is 0. The van der Waals surface area contributed by atoms with Crippen molar-refractivity contribution in [1.82, 2.24) is 19.5 Å². The summed E-state index contributed by atoms with van der Waals surface area (Å²) in [5.41, 5.74) is 1.21. The number of alkyl halides is 5. The minimum Gasteiger partial charge on any atom is -0.406 e. The summed E-state index contributed by atoms with van der Waals surface area (Å²) in [5.74, 6) is -4.34. The van der Waals surface area contributed by atoms with E-state index in [1.807, 2.05) is 4.90 Å². The van der Waals surface area contributed by atoms with Crippen molar-refractivity contribution in [2.75, 3.05) is 33.9 Å². The molecule has 0 radical (unpaired) electrons. The Labute approximate surface area is 168 Å². The molecule has 11 heteroatoms. The monoisotopic (exact) mass is 430 g/mol. The molecular formula is C19H19F5N4O2. The summed E-state index contributed by atoms with van der Waals surface area (Å²) in [4.78, 5) is 1.81. The third-order valence-electron chi connectivity index (χ3n) is 4.12.